The number of hydrogen-bond donors (Lipinski definition) is 5. The molecule has 0 aliphatic carbocycles. The van der Waals surface area contributed by atoms with Crippen LogP contribution in [0.15, 0.2) is 119 Å². The van der Waals surface area contributed by atoms with Gasteiger partial charge >= 0.3 is 30.7 Å². The standard InChI is InChI=1S/C31H34F6N4O4S.C30H32F6N4O5S/c1-18(42)23(38)16-46-17-25(43)20(12-14-30(32,33)34)21(13-15-31(35,36)37)28(44)40-27-29(45)41(2)24-11-7-6-10-22(24)26(39-27)19-8-4-3-5-9-19;1-40-22-10-6-5-9-20(22)24(17-7-3-2-4-8-17)38-25(27(40)43)39-26(42)19(12-14-30(34,35)36)18(11-13-29(31,32)33)23(41)16-46-15-21(37)28(44)45/h3-11,20-21,23,27H,12-17,38H2,1-2H3,(H,40,44);2-10,18-19,21,25H,11-16,37H2,1H3,(H,39,42)(H,44,45)/t20-,21+,23-,27+;18-,19+,21-,25+/m00/s1. The Morgan fingerprint density at radius 2 is 0.804 bits per heavy atom. The van der Waals surface area contributed by atoms with Crippen molar-refractivity contribution in [3.63, 3.8) is 0 Å². The lowest BCUT2D eigenvalue weighted by Gasteiger charge is -2.28. The number of carbonyl (C=O) groups is 8. The predicted octanol–water partition coefficient (Wildman–Crippen LogP) is 9.65. The third-order valence-corrected chi connectivity index (χ3v) is 16.9. The Bertz CT molecular complexity index is 3090. The summed E-state index contributed by atoms with van der Waals surface area (Å²) in [5.41, 5.74) is 14.6. The Kier molecular flexibility index (Phi) is 27.2. The summed E-state index contributed by atoms with van der Waals surface area (Å²) < 4.78 is 160. The molecule has 2 heterocycles. The number of carboxylic acid groups (broad SMARTS) is 1. The van der Waals surface area contributed by atoms with Gasteiger partial charge in [0.25, 0.3) is 11.8 Å². The van der Waals surface area contributed by atoms with Gasteiger partial charge in [-0.1, -0.05) is 97.1 Å². The first kappa shape index (κ1) is 75.1. The molecular weight excluding hydrogens is 1280 g/mol. The van der Waals surface area contributed by atoms with Crippen LogP contribution in [0.4, 0.5) is 64.1 Å². The number of nitrogens with two attached hydrogens (primary N) is 2. The molecule has 0 unspecified atom stereocenters. The number of anilines is 2. The number of halogens is 12. The van der Waals surface area contributed by atoms with Crippen LogP contribution in [0.3, 0.4) is 0 Å². The van der Waals surface area contributed by atoms with Gasteiger partial charge in [-0.05, 0) is 44.7 Å². The zero-order chi connectivity index (χ0) is 68.5. The van der Waals surface area contributed by atoms with E-state index in [-0.39, 0.29) is 22.9 Å². The molecule has 6 rings (SSSR count). The van der Waals surface area contributed by atoms with Crippen molar-refractivity contribution in [3.05, 3.63) is 131 Å². The quantitative estimate of drug-likeness (QED) is 0.0332. The van der Waals surface area contributed by atoms with Crippen molar-refractivity contribution in [1.29, 1.82) is 0 Å². The number of fused-ring (bicyclic) bond motifs is 2. The number of nitrogens with one attached hydrogen (secondary N) is 2. The monoisotopic (exact) mass is 1350 g/mol. The molecule has 8 atom stereocenters. The molecule has 0 spiro atoms. The van der Waals surface area contributed by atoms with Gasteiger partial charge in [-0.2, -0.15) is 76.2 Å². The minimum atomic E-state index is -4.82. The molecule has 2 aliphatic heterocycles. The van der Waals surface area contributed by atoms with E-state index in [9.17, 15) is 91.0 Å². The Labute approximate surface area is 529 Å². The SMILES string of the molecule is CC(=O)[C@@H](N)CSCC(=O)[C@@H](CCC(F)(F)F)[C@@H](CCC(F)(F)F)C(=O)N[C@H]1N=C(c2ccccc2)c2ccccc2N(C)C1=O.CN1C(=O)[C@@H](NC(=O)[C@H](CCC(F)(F)F)[C@H](CCC(F)(F)F)C(=O)CSC[C@H](N)C(=O)O)N=C(c2ccccc2)c2ccccc21. The van der Waals surface area contributed by atoms with Gasteiger partial charge in [0.05, 0.1) is 40.3 Å². The molecule has 0 saturated carbocycles. The second kappa shape index (κ2) is 33.3. The molecule has 0 bridgehead atoms. The number of amides is 4. The van der Waals surface area contributed by atoms with E-state index in [1.54, 1.807) is 109 Å². The molecule has 4 aromatic rings. The van der Waals surface area contributed by atoms with Crippen LogP contribution >= 0.6 is 23.5 Å². The van der Waals surface area contributed by atoms with E-state index in [2.05, 4.69) is 20.6 Å². The maximum atomic E-state index is 13.7. The first-order valence-corrected chi connectivity index (χ1v) is 30.6. The first-order chi connectivity index (χ1) is 43.0. The minimum absolute atomic E-state index is 0.0626. The van der Waals surface area contributed by atoms with Gasteiger partial charge in [-0.15, -0.1) is 0 Å². The Morgan fingerprint density at radius 1 is 0.500 bits per heavy atom. The summed E-state index contributed by atoms with van der Waals surface area (Å²) in [5.74, 6) is -16.6. The number of aliphatic imine (C=N–C) groups is 2. The third-order valence-electron chi connectivity index (χ3n) is 14.7. The number of hydrogen-bond acceptors (Lipinski definition) is 14. The molecule has 2 aliphatic rings. The average Bonchev–Trinajstić information content (AvgIpc) is 1.63. The molecule has 0 saturated heterocycles. The average molecular weight is 1350 g/mol. The number of benzodiazepines with no additional fused rings is 2. The lowest BCUT2D eigenvalue weighted by atomic mass is 9.81. The molecule has 0 fully saturated rings. The predicted molar refractivity (Wildman–Crippen MR) is 322 cm³/mol. The van der Waals surface area contributed by atoms with Gasteiger partial charge in [0.1, 0.15) is 23.4 Å². The summed E-state index contributed by atoms with van der Waals surface area (Å²) in [5, 5.41) is 13.6. The van der Waals surface area contributed by atoms with E-state index in [0.29, 0.717) is 45.4 Å². The summed E-state index contributed by atoms with van der Waals surface area (Å²) in [7, 11) is 2.82. The van der Waals surface area contributed by atoms with Crippen molar-refractivity contribution in [1.82, 2.24) is 10.6 Å². The molecule has 4 aromatic carbocycles. The number of Topliss-reactive ketones (excluding diaryl/α,β-unsaturated/α-hetero) is 3. The number of benzene rings is 4. The van der Waals surface area contributed by atoms with Crippen molar-refractivity contribution in [3.8, 4) is 0 Å². The zero-order valence-electron chi connectivity index (χ0n) is 49.5. The van der Waals surface area contributed by atoms with Gasteiger partial charge in [-0.25, -0.2) is 9.98 Å². The number of likely N-dealkylation sites (N-methyl/N-ethyl adjacent to an activating group) is 2. The number of ketones is 3. The van der Waals surface area contributed by atoms with Crippen molar-refractivity contribution < 1.29 is 96.1 Å². The van der Waals surface area contributed by atoms with Crippen LogP contribution in [0.25, 0.3) is 0 Å². The molecule has 500 valence electrons. The number of thioether (sulfide) groups is 2. The van der Waals surface area contributed by atoms with Gasteiger partial charge in [-0.3, -0.25) is 38.4 Å². The van der Waals surface area contributed by atoms with E-state index >= 15 is 0 Å². The number of alkyl halides is 12. The fourth-order valence-electron chi connectivity index (χ4n) is 9.82. The Morgan fingerprint density at radius 3 is 1.12 bits per heavy atom. The fraction of sp³-hybridized carbons (Fsp3) is 0.443. The van der Waals surface area contributed by atoms with Crippen molar-refractivity contribution in [2.24, 2.45) is 45.1 Å². The summed E-state index contributed by atoms with van der Waals surface area (Å²) in [6.07, 6.45) is -32.8. The highest BCUT2D eigenvalue weighted by Crippen LogP contribution is 2.37. The molecule has 31 heteroatoms. The molecule has 0 radical (unpaired) electrons. The maximum absolute atomic E-state index is 13.7. The van der Waals surface area contributed by atoms with E-state index in [0.717, 1.165) is 11.8 Å². The van der Waals surface area contributed by atoms with Crippen LogP contribution in [0.5, 0.6) is 0 Å². The molecule has 0 aromatic heterocycles. The van der Waals surface area contributed by atoms with Gasteiger partial charge < -0.3 is 37.0 Å². The lowest BCUT2D eigenvalue weighted by molar-refractivity contribution is -0.152. The van der Waals surface area contributed by atoms with Crippen LogP contribution in [0, 0.1) is 23.7 Å². The van der Waals surface area contributed by atoms with E-state index < -0.39 is 183 Å². The zero-order valence-corrected chi connectivity index (χ0v) is 51.1. The second-order valence-electron chi connectivity index (χ2n) is 21.5. The molecule has 17 nitrogen and oxygen atoms in total. The summed E-state index contributed by atoms with van der Waals surface area (Å²) >= 11 is 1.50. The normalized spacial score (nSPS) is 17.3. The van der Waals surface area contributed by atoms with Crippen molar-refractivity contribution in [2.75, 3.05) is 46.9 Å². The van der Waals surface area contributed by atoms with Crippen LogP contribution in [-0.4, -0.2) is 150 Å². The van der Waals surface area contributed by atoms with E-state index in [4.69, 9.17) is 16.6 Å². The van der Waals surface area contributed by atoms with Crippen LogP contribution < -0.4 is 31.9 Å². The topological polar surface area (TPSA) is 264 Å². The maximum Gasteiger partial charge on any atom is 0.389 e. The van der Waals surface area contributed by atoms with E-state index in [1.807, 2.05) is 0 Å². The summed E-state index contributed by atoms with van der Waals surface area (Å²) in [4.78, 5) is 115. The Hall–Kier alpha value is -7.64. The number of rotatable bonds is 28. The smallest absolute Gasteiger partial charge is 0.389 e. The number of carbonyl (C=O) groups excluding carboxylic acids is 7. The Balaban J connectivity index is 0.000000334. The number of para-hydroxylation sites is 2. The second-order valence-corrected chi connectivity index (χ2v) is 23.6. The molecular formula is C61H66F12N8O9S2. The van der Waals surface area contributed by atoms with E-state index in [1.165, 1.54) is 30.8 Å². The highest BCUT2D eigenvalue weighted by atomic mass is 32.2. The highest BCUT2D eigenvalue weighted by molar-refractivity contribution is 8.00. The highest BCUT2D eigenvalue weighted by Gasteiger charge is 2.44. The number of carboxylic acids is 1. The van der Waals surface area contributed by atoms with Crippen LogP contribution in [0.1, 0.15) is 80.5 Å². The summed E-state index contributed by atoms with van der Waals surface area (Å²) in [6, 6.07) is 28.1. The summed E-state index contributed by atoms with van der Waals surface area (Å²) in [6.45, 7) is 1.22. The largest absolute Gasteiger partial charge is 0.480 e. The van der Waals surface area contributed by atoms with Crippen LogP contribution in [-0.2, 0) is 38.4 Å². The number of nitrogens with zero attached hydrogens (tertiary/aromatic N) is 4. The lowest BCUT2D eigenvalue weighted by Crippen LogP contribution is -2.49. The van der Waals surface area contributed by atoms with Crippen molar-refractivity contribution in [2.45, 2.75) is 107 Å². The number of aliphatic carboxylic acids is 1. The van der Waals surface area contributed by atoms with Gasteiger partial charge in [0.2, 0.25) is 24.1 Å². The molecule has 7 N–H and O–H groups in total. The van der Waals surface area contributed by atoms with Crippen LogP contribution in [0.2, 0.25) is 0 Å². The third kappa shape index (κ3) is 22.9. The van der Waals surface area contributed by atoms with Gasteiger partial charge in [0, 0.05) is 97.2 Å². The fourth-order valence-corrected chi connectivity index (χ4v) is 11.8. The first-order valence-electron chi connectivity index (χ1n) is 28.3. The van der Waals surface area contributed by atoms with Crippen molar-refractivity contribution >= 4 is 93.3 Å². The van der Waals surface area contributed by atoms with Gasteiger partial charge in [0.15, 0.2) is 0 Å². The molecule has 92 heavy (non-hydrogen) atoms. The minimum Gasteiger partial charge on any atom is -0.480 e. The molecule has 4 amide bonds.